The van der Waals surface area contributed by atoms with E-state index in [-0.39, 0.29) is 5.91 Å². The molecule has 0 unspecified atom stereocenters. The quantitative estimate of drug-likeness (QED) is 0.744. The first-order valence-electron chi connectivity index (χ1n) is 10.7. The second kappa shape index (κ2) is 9.72. The Labute approximate surface area is 167 Å². The summed E-state index contributed by atoms with van der Waals surface area (Å²) >= 11 is 0. The number of amides is 2. The molecule has 1 aliphatic rings. The molecule has 4 N–H and O–H groups in total. The highest BCUT2D eigenvalue weighted by molar-refractivity contribution is 6.03. The monoisotopic (exact) mass is 380 g/mol. The number of nitrogens with two attached hydrogens (primary N) is 2. The third kappa shape index (κ3) is 4.92. The van der Waals surface area contributed by atoms with Crippen molar-refractivity contribution in [2.75, 3.05) is 0 Å². The van der Waals surface area contributed by atoms with Gasteiger partial charge in [0.05, 0.1) is 0 Å². The number of rotatable bonds is 3. The second-order valence-corrected chi connectivity index (χ2v) is 8.15. The SMILES string of the molecule is NC(=O)c1ccc2c(C3CCCCCCCCCCC3)c(C(N)=O)ccc2c1. The maximum Gasteiger partial charge on any atom is 0.249 e. The van der Waals surface area contributed by atoms with E-state index in [2.05, 4.69) is 0 Å². The van der Waals surface area contributed by atoms with E-state index in [1.807, 2.05) is 24.3 Å². The molecule has 0 spiro atoms. The van der Waals surface area contributed by atoms with Gasteiger partial charge in [0.2, 0.25) is 11.8 Å². The van der Waals surface area contributed by atoms with E-state index >= 15 is 0 Å². The summed E-state index contributed by atoms with van der Waals surface area (Å²) in [7, 11) is 0. The molecule has 0 heterocycles. The van der Waals surface area contributed by atoms with Crippen molar-refractivity contribution in [1.82, 2.24) is 0 Å². The number of carbonyl (C=O) groups excluding carboxylic acids is 2. The highest BCUT2D eigenvalue weighted by atomic mass is 16.1. The van der Waals surface area contributed by atoms with Crippen molar-refractivity contribution in [2.24, 2.45) is 11.5 Å². The third-order valence-corrected chi connectivity index (χ3v) is 6.12. The van der Waals surface area contributed by atoms with Crippen LogP contribution in [0.4, 0.5) is 0 Å². The van der Waals surface area contributed by atoms with Gasteiger partial charge >= 0.3 is 0 Å². The number of carbonyl (C=O) groups is 2. The predicted octanol–water partition coefficient (Wildman–Crippen LogP) is 5.43. The van der Waals surface area contributed by atoms with Crippen LogP contribution >= 0.6 is 0 Å². The molecule has 0 bridgehead atoms. The Kier molecular flexibility index (Phi) is 7.07. The van der Waals surface area contributed by atoms with Crippen LogP contribution in [-0.2, 0) is 0 Å². The lowest BCUT2D eigenvalue weighted by Gasteiger charge is -2.23. The minimum absolute atomic E-state index is 0.324. The van der Waals surface area contributed by atoms with Crippen molar-refractivity contribution >= 4 is 22.6 Å². The minimum Gasteiger partial charge on any atom is -0.366 e. The zero-order chi connectivity index (χ0) is 19.9. The molecule has 0 atom stereocenters. The fourth-order valence-corrected chi connectivity index (χ4v) is 4.61. The summed E-state index contributed by atoms with van der Waals surface area (Å²) in [5.74, 6) is -0.486. The average Bonchev–Trinajstić information content (AvgIpc) is 2.67. The van der Waals surface area contributed by atoms with Gasteiger partial charge in [-0.05, 0) is 53.3 Å². The largest absolute Gasteiger partial charge is 0.366 e. The molecular weight excluding hydrogens is 348 g/mol. The first-order valence-corrected chi connectivity index (χ1v) is 10.7. The normalized spacial score (nSPS) is 17.6. The van der Waals surface area contributed by atoms with Crippen molar-refractivity contribution in [1.29, 1.82) is 0 Å². The molecule has 3 rings (SSSR count). The summed E-state index contributed by atoms with van der Waals surface area (Å²) in [5.41, 5.74) is 13.4. The molecule has 0 radical (unpaired) electrons. The Bertz CT molecular complexity index is 832. The van der Waals surface area contributed by atoms with Crippen LogP contribution < -0.4 is 11.5 Å². The molecule has 0 aromatic heterocycles. The zero-order valence-electron chi connectivity index (χ0n) is 16.7. The number of hydrogen-bond acceptors (Lipinski definition) is 2. The lowest BCUT2D eigenvalue weighted by molar-refractivity contribution is 0.0991. The van der Waals surface area contributed by atoms with Crippen molar-refractivity contribution in [3.05, 3.63) is 47.0 Å². The van der Waals surface area contributed by atoms with Crippen LogP contribution in [0.2, 0.25) is 0 Å². The van der Waals surface area contributed by atoms with Crippen LogP contribution in [0.5, 0.6) is 0 Å². The molecule has 28 heavy (non-hydrogen) atoms. The molecule has 1 aliphatic carbocycles. The molecule has 2 aromatic rings. The molecule has 0 saturated heterocycles. The van der Waals surface area contributed by atoms with Gasteiger partial charge in [-0.15, -0.1) is 0 Å². The van der Waals surface area contributed by atoms with Gasteiger partial charge in [-0.2, -0.15) is 0 Å². The maximum absolute atomic E-state index is 12.2. The molecule has 0 aliphatic heterocycles. The van der Waals surface area contributed by atoms with Gasteiger partial charge in [-0.25, -0.2) is 0 Å². The van der Waals surface area contributed by atoms with E-state index in [0.29, 0.717) is 17.0 Å². The minimum atomic E-state index is -0.437. The molecule has 2 aromatic carbocycles. The first-order chi connectivity index (χ1) is 13.6. The number of fused-ring (bicyclic) bond motifs is 1. The topological polar surface area (TPSA) is 86.2 Å². The van der Waals surface area contributed by atoms with Crippen LogP contribution in [0.25, 0.3) is 10.8 Å². The van der Waals surface area contributed by atoms with Crippen molar-refractivity contribution in [3.8, 4) is 0 Å². The summed E-state index contributed by atoms with van der Waals surface area (Å²) in [5, 5.41) is 1.97. The van der Waals surface area contributed by atoms with Gasteiger partial charge in [0.25, 0.3) is 0 Å². The van der Waals surface area contributed by atoms with Gasteiger partial charge in [-0.1, -0.05) is 69.9 Å². The Morgan fingerprint density at radius 1 is 0.714 bits per heavy atom. The molecule has 2 amide bonds. The van der Waals surface area contributed by atoms with Gasteiger partial charge in [-0.3, -0.25) is 9.59 Å². The molecule has 4 nitrogen and oxygen atoms in total. The molecule has 150 valence electrons. The maximum atomic E-state index is 12.2. The lowest BCUT2D eigenvalue weighted by Crippen LogP contribution is -2.17. The molecule has 1 saturated carbocycles. The van der Waals surface area contributed by atoms with Gasteiger partial charge < -0.3 is 11.5 Å². The molecular formula is C24H32N2O2. The zero-order valence-corrected chi connectivity index (χ0v) is 16.7. The summed E-state index contributed by atoms with van der Waals surface area (Å²) in [6.45, 7) is 0. The van der Waals surface area contributed by atoms with Gasteiger partial charge in [0.15, 0.2) is 0 Å². The first kappa shape index (κ1) is 20.4. The Balaban J connectivity index is 2.01. The Morgan fingerprint density at radius 2 is 1.29 bits per heavy atom. The van der Waals surface area contributed by atoms with Crippen molar-refractivity contribution < 1.29 is 9.59 Å². The third-order valence-electron chi connectivity index (χ3n) is 6.12. The number of hydrogen-bond donors (Lipinski definition) is 2. The van der Waals surface area contributed by atoms with E-state index in [1.165, 1.54) is 57.8 Å². The number of primary amides is 2. The van der Waals surface area contributed by atoms with Crippen LogP contribution in [0.15, 0.2) is 30.3 Å². The fraction of sp³-hybridized carbons (Fsp3) is 0.500. The Hall–Kier alpha value is -2.36. The van der Waals surface area contributed by atoms with E-state index < -0.39 is 5.91 Å². The summed E-state index contributed by atoms with van der Waals surface area (Å²) < 4.78 is 0. The van der Waals surface area contributed by atoms with E-state index in [0.717, 1.165) is 29.2 Å². The highest BCUT2D eigenvalue weighted by Crippen LogP contribution is 2.36. The Morgan fingerprint density at radius 3 is 1.82 bits per heavy atom. The predicted molar refractivity (Wildman–Crippen MR) is 115 cm³/mol. The molecule has 4 heteroatoms. The highest BCUT2D eigenvalue weighted by Gasteiger charge is 2.21. The fourth-order valence-electron chi connectivity index (χ4n) is 4.61. The van der Waals surface area contributed by atoms with Gasteiger partial charge in [0.1, 0.15) is 0 Å². The summed E-state index contributed by atoms with van der Waals surface area (Å²) in [4.78, 5) is 23.8. The van der Waals surface area contributed by atoms with Gasteiger partial charge in [0, 0.05) is 11.1 Å². The van der Waals surface area contributed by atoms with E-state index in [4.69, 9.17) is 11.5 Å². The van der Waals surface area contributed by atoms with Crippen molar-refractivity contribution in [2.45, 2.75) is 76.5 Å². The number of benzene rings is 2. The lowest BCUT2D eigenvalue weighted by atomic mass is 9.82. The van der Waals surface area contributed by atoms with Crippen molar-refractivity contribution in [3.63, 3.8) is 0 Å². The van der Waals surface area contributed by atoms with Crippen LogP contribution in [-0.4, -0.2) is 11.8 Å². The molecule has 1 fully saturated rings. The standard InChI is InChI=1S/C24H32N2O2/c25-23(27)19-13-14-20-18(16-19)12-15-21(24(26)28)22(20)17-10-8-6-4-2-1-3-5-7-9-11-17/h12-17H,1-11H2,(H2,25,27)(H2,26,28). The smallest absolute Gasteiger partial charge is 0.249 e. The second-order valence-electron chi connectivity index (χ2n) is 8.15. The van der Waals surface area contributed by atoms with E-state index in [9.17, 15) is 9.59 Å². The van der Waals surface area contributed by atoms with Crippen LogP contribution in [0.1, 0.15) is 103 Å². The van der Waals surface area contributed by atoms with E-state index in [1.54, 1.807) is 6.07 Å². The van der Waals surface area contributed by atoms with Crippen LogP contribution in [0.3, 0.4) is 0 Å². The summed E-state index contributed by atoms with van der Waals surface area (Å²) in [6, 6.07) is 9.21. The van der Waals surface area contributed by atoms with Crippen LogP contribution in [0, 0.1) is 0 Å². The average molecular weight is 381 g/mol. The summed E-state index contributed by atoms with van der Waals surface area (Å²) in [6.07, 6.45) is 13.6.